The number of hydrogen-bond donors (Lipinski definition) is 1. The molecular formula is C15H15ClO3. The Labute approximate surface area is 117 Å². The van der Waals surface area contributed by atoms with Gasteiger partial charge in [0.15, 0.2) is 0 Å². The first kappa shape index (κ1) is 13.7. The summed E-state index contributed by atoms with van der Waals surface area (Å²) in [5.74, 6) is 1.44. The first-order valence-corrected chi connectivity index (χ1v) is 6.25. The summed E-state index contributed by atoms with van der Waals surface area (Å²) in [5.41, 5.74) is 1.69. The predicted octanol–water partition coefficient (Wildman–Crippen LogP) is 3.42. The van der Waals surface area contributed by atoms with Gasteiger partial charge < -0.3 is 14.6 Å². The van der Waals surface area contributed by atoms with Crippen molar-refractivity contribution < 1.29 is 14.6 Å². The van der Waals surface area contributed by atoms with Gasteiger partial charge in [-0.1, -0.05) is 23.7 Å². The molecule has 4 heteroatoms. The van der Waals surface area contributed by atoms with Crippen molar-refractivity contribution >= 4 is 11.6 Å². The van der Waals surface area contributed by atoms with Crippen molar-refractivity contribution in [2.75, 3.05) is 7.11 Å². The maximum atomic E-state index is 9.07. The number of hydrogen-bond acceptors (Lipinski definition) is 3. The minimum absolute atomic E-state index is 0.00230. The number of benzene rings is 2. The third kappa shape index (κ3) is 3.63. The fourth-order valence-electron chi connectivity index (χ4n) is 1.75. The van der Waals surface area contributed by atoms with Crippen LogP contribution in [-0.4, -0.2) is 12.2 Å². The van der Waals surface area contributed by atoms with Crippen molar-refractivity contribution in [3.63, 3.8) is 0 Å². The quantitative estimate of drug-likeness (QED) is 0.911. The van der Waals surface area contributed by atoms with E-state index in [0.29, 0.717) is 17.4 Å². The smallest absolute Gasteiger partial charge is 0.125 e. The molecule has 0 amide bonds. The highest BCUT2D eigenvalue weighted by atomic mass is 35.5. The predicted molar refractivity (Wildman–Crippen MR) is 74.7 cm³/mol. The van der Waals surface area contributed by atoms with Gasteiger partial charge in [-0.05, 0) is 35.9 Å². The summed E-state index contributed by atoms with van der Waals surface area (Å²) in [6, 6.07) is 12.7. The van der Waals surface area contributed by atoms with Crippen molar-refractivity contribution in [2.24, 2.45) is 0 Å². The summed E-state index contributed by atoms with van der Waals surface area (Å²) in [4.78, 5) is 0. The Balaban J connectivity index is 2.11. The van der Waals surface area contributed by atoms with Crippen LogP contribution in [0.25, 0.3) is 0 Å². The van der Waals surface area contributed by atoms with Crippen molar-refractivity contribution in [1.29, 1.82) is 0 Å². The zero-order valence-electron chi connectivity index (χ0n) is 10.6. The lowest BCUT2D eigenvalue weighted by Crippen LogP contribution is -1.99. The van der Waals surface area contributed by atoms with E-state index in [0.717, 1.165) is 16.9 Å². The lowest BCUT2D eigenvalue weighted by atomic mass is 10.2. The van der Waals surface area contributed by atoms with Crippen molar-refractivity contribution in [1.82, 2.24) is 0 Å². The lowest BCUT2D eigenvalue weighted by Gasteiger charge is -2.11. The molecule has 3 nitrogen and oxygen atoms in total. The van der Waals surface area contributed by atoms with Crippen LogP contribution in [0.5, 0.6) is 11.5 Å². The molecule has 0 aliphatic heterocycles. The second kappa shape index (κ2) is 6.45. The molecule has 100 valence electrons. The van der Waals surface area contributed by atoms with Gasteiger partial charge in [0.25, 0.3) is 0 Å². The summed E-state index contributed by atoms with van der Waals surface area (Å²) in [6.07, 6.45) is 0. The molecule has 0 heterocycles. The second-order valence-corrected chi connectivity index (χ2v) is 4.49. The van der Waals surface area contributed by atoms with Crippen LogP contribution in [0.15, 0.2) is 42.5 Å². The molecule has 0 fully saturated rings. The molecule has 0 aliphatic carbocycles. The second-order valence-electron chi connectivity index (χ2n) is 4.05. The van der Waals surface area contributed by atoms with Gasteiger partial charge in [-0.25, -0.2) is 0 Å². The molecule has 0 spiro atoms. The Morgan fingerprint density at radius 3 is 2.74 bits per heavy atom. The molecule has 0 bridgehead atoms. The number of rotatable bonds is 5. The number of aliphatic hydroxyl groups excluding tert-OH is 1. The molecular weight excluding hydrogens is 264 g/mol. The molecule has 2 aromatic carbocycles. The zero-order valence-corrected chi connectivity index (χ0v) is 11.4. The Bertz CT molecular complexity index is 555. The molecule has 0 aromatic heterocycles. The zero-order chi connectivity index (χ0) is 13.7. The van der Waals surface area contributed by atoms with Crippen LogP contribution in [0.3, 0.4) is 0 Å². The van der Waals surface area contributed by atoms with Gasteiger partial charge in [-0.3, -0.25) is 0 Å². The van der Waals surface area contributed by atoms with E-state index in [4.69, 9.17) is 26.2 Å². The Morgan fingerprint density at radius 2 is 2.00 bits per heavy atom. The van der Waals surface area contributed by atoms with E-state index in [1.54, 1.807) is 19.2 Å². The van der Waals surface area contributed by atoms with Crippen molar-refractivity contribution in [3.8, 4) is 11.5 Å². The van der Waals surface area contributed by atoms with E-state index < -0.39 is 0 Å². The van der Waals surface area contributed by atoms with Gasteiger partial charge in [0.2, 0.25) is 0 Å². The summed E-state index contributed by atoms with van der Waals surface area (Å²) in [6.45, 7) is 0.357. The average Bonchev–Trinajstić information content (AvgIpc) is 2.45. The molecule has 0 radical (unpaired) electrons. The first-order chi connectivity index (χ1) is 9.22. The van der Waals surface area contributed by atoms with Gasteiger partial charge in [0.05, 0.1) is 13.7 Å². The van der Waals surface area contributed by atoms with Crippen LogP contribution in [-0.2, 0) is 13.2 Å². The molecule has 0 saturated heterocycles. The van der Waals surface area contributed by atoms with E-state index >= 15 is 0 Å². The molecule has 0 atom stereocenters. The third-order valence-corrected chi connectivity index (χ3v) is 2.95. The van der Waals surface area contributed by atoms with Crippen LogP contribution in [0.2, 0.25) is 5.02 Å². The monoisotopic (exact) mass is 278 g/mol. The molecule has 2 rings (SSSR count). The van der Waals surface area contributed by atoms with Crippen LogP contribution < -0.4 is 9.47 Å². The van der Waals surface area contributed by atoms with Gasteiger partial charge in [0, 0.05) is 10.6 Å². The van der Waals surface area contributed by atoms with E-state index in [-0.39, 0.29) is 6.61 Å². The lowest BCUT2D eigenvalue weighted by molar-refractivity contribution is 0.277. The van der Waals surface area contributed by atoms with Gasteiger partial charge in [0.1, 0.15) is 18.1 Å². The van der Waals surface area contributed by atoms with Gasteiger partial charge >= 0.3 is 0 Å². The molecule has 0 saturated carbocycles. The minimum Gasteiger partial charge on any atom is -0.496 e. The van der Waals surface area contributed by atoms with Crippen molar-refractivity contribution in [2.45, 2.75) is 13.2 Å². The highest BCUT2D eigenvalue weighted by molar-refractivity contribution is 6.30. The topological polar surface area (TPSA) is 38.7 Å². The standard InChI is InChI=1S/C15H15ClO3/c1-18-15-6-5-13(16)8-12(15)10-19-14-4-2-3-11(7-14)9-17/h2-8,17H,9-10H2,1H3. The van der Waals surface area contributed by atoms with Crippen LogP contribution in [0.4, 0.5) is 0 Å². The van der Waals surface area contributed by atoms with E-state index in [9.17, 15) is 0 Å². The highest BCUT2D eigenvalue weighted by Crippen LogP contribution is 2.24. The molecule has 2 aromatic rings. The first-order valence-electron chi connectivity index (χ1n) is 5.88. The largest absolute Gasteiger partial charge is 0.496 e. The summed E-state index contributed by atoms with van der Waals surface area (Å²) in [5, 5.41) is 9.71. The fraction of sp³-hybridized carbons (Fsp3) is 0.200. The fourth-order valence-corrected chi connectivity index (χ4v) is 1.95. The van der Waals surface area contributed by atoms with Crippen LogP contribution in [0, 0.1) is 0 Å². The summed E-state index contributed by atoms with van der Waals surface area (Å²) < 4.78 is 10.9. The number of methoxy groups -OCH3 is 1. The summed E-state index contributed by atoms with van der Waals surface area (Å²) >= 11 is 5.96. The average molecular weight is 279 g/mol. The normalized spacial score (nSPS) is 10.3. The SMILES string of the molecule is COc1ccc(Cl)cc1COc1cccc(CO)c1. The Hall–Kier alpha value is -1.71. The number of aliphatic hydroxyl groups is 1. The van der Waals surface area contributed by atoms with E-state index in [1.807, 2.05) is 30.3 Å². The Kier molecular flexibility index (Phi) is 4.66. The van der Waals surface area contributed by atoms with Gasteiger partial charge in [-0.15, -0.1) is 0 Å². The molecule has 1 N–H and O–H groups in total. The molecule has 0 aliphatic rings. The molecule has 0 unspecified atom stereocenters. The number of halogens is 1. The maximum absolute atomic E-state index is 9.07. The third-order valence-electron chi connectivity index (χ3n) is 2.72. The van der Waals surface area contributed by atoms with Crippen LogP contribution >= 0.6 is 11.6 Å². The summed E-state index contributed by atoms with van der Waals surface area (Å²) in [7, 11) is 1.61. The van der Waals surface area contributed by atoms with Crippen LogP contribution in [0.1, 0.15) is 11.1 Å². The minimum atomic E-state index is -0.00230. The number of ether oxygens (including phenoxy) is 2. The molecule has 19 heavy (non-hydrogen) atoms. The Morgan fingerprint density at radius 1 is 1.16 bits per heavy atom. The van der Waals surface area contributed by atoms with Crippen molar-refractivity contribution in [3.05, 3.63) is 58.6 Å². The van der Waals surface area contributed by atoms with Gasteiger partial charge in [-0.2, -0.15) is 0 Å². The highest BCUT2D eigenvalue weighted by Gasteiger charge is 2.05. The maximum Gasteiger partial charge on any atom is 0.125 e. The van der Waals surface area contributed by atoms with E-state index in [1.165, 1.54) is 0 Å². The van der Waals surface area contributed by atoms with E-state index in [2.05, 4.69) is 0 Å².